The summed E-state index contributed by atoms with van der Waals surface area (Å²) in [7, 11) is 0. The van der Waals surface area contributed by atoms with Crippen molar-refractivity contribution >= 4 is 41.1 Å². The van der Waals surface area contributed by atoms with Crippen molar-refractivity contribution in [3.63, 3.8) is 0 Å². The molecule has 0 saturated carbocycles. The molecule has 2 aromatic rings. The highest BCUT2D eigenvalue weighted by Gasteiger charge is 2.14. The van der Waals surface area contributed by atoms with Gasteiger partial charge >= 0.3 is 0 Å². The van der Waals surface area contributed by atoms with Gasteiger partial charge in [0.15, 0.2) is 5.78 Å². The van der Waals surface area contributed by atoms with Crippen molar-refractivity contribution < 1.29 is 9.59 Å². The summed E-state index contributed by atoms with van der Waals surface area (Å²) in [5.41, 5.74) is 2.51. The number of hydrogen-bond donors (Lipinski definition) is 1. The number of thiazole rings is 1. The van der Waals surface area contributed by atoms with Crippen LogP contribution in [0.4, 0.5) is 5.69 Å². The van der Waals surface area contributed by atoms with E-state index in [9.17, 15) is 9.59 Å². The molecule has 6 heteroatoms. The SMILES string of the molecule is CC(=O)c1sc(CC(=O)Nc2ccccc2C)nc1C.Cl. The van der Waals surface area contributed by atoms with Crippen LogP contribution in [0.25, 0.3) is 0 Å². The number of ketones is 1. The second-order valence-electron chi connectivity index (χ2n) is 4.62. The summed E-state index contributed by atoms with van der Waals surface area (Å²) in [5.74, 6) is -0.131. The molecule has 1 heterocycles. The number of aromatic nitrogens is 1. The molecule has 0 unspecified atom stereocenters. The summed E-state index contributed by atoms with van der Waals surface area (Å²) in [6.45, 7) is 5.24. The van der Waals surface area contributed by atoms with E-state index in [0.29, 0.717) is 15.6 Å². The predicted octanol–water partition coefficient (Wildman–Crippen LogP) is 3.57. The number of para-hydroxylation sites is 1. The summed E-state index contributed by atoms with van der Waals surface area (Å²) < 4.78 is 0. The van der Waals surface area contributed by atoms with Crippen molar-refractivity contribution in [1.82, 2.24) is 4.98 Å². The normalized spacial score (nSPS) is 9.86. The second kappa shape index (κ2) is 7.33. The Hall–Kier alpha value is -1.72. The minimum Gasteiger partial charge on any atom is -0.325 e. The Bertz CT molecular complexity index is 667. The van der Waals surface area contributed by atoms with Gasteiger partial charge in [0.2, 0.25) is 5.91 Å². The Morgan fingerprint density at radius 1 is 1.24 bits per heavy atom. The number of nitrogens with one attached hydrogen (secondary N) is 1. The summed E-state index contributed by atoms with van der Waals surface area (Å²) in [6.07, 6.45) is 0.188. The van der Waals surface area contributed by atoms with Crippen molar-refractivity contribution in [2.75, 3.05) is 5.32 Å². The third kappa shape index (κ3) is 4.37. The fourth-order valence-corrected chi connectivity index (χ4v) is 2.86. The van der Waals surface area contributed by atoms with Crippen LogP contribution < -0.4 is 5.32 Å². The first-order valence-electron chi connectivity index (χ1n) is 6.30. The van der Waals surface area contributed by atoms with Gasteiger partial charge in [-0.2, -0.15) is 0 Å². The average molecular weight is 325 g/mol. The molecule has 4 nitrogen and oxygen atoms in total. The number of anilines is 1. The molecule has 0 bridgehead atoms. The summed E-state index contributed by atoms with van der Waals surface area (Å²) in [5, 5.41) is 3.52. The quantitative estimate of drug-likeness (QED) is 0.875. The third-order valence-electron chi connectivity index (χ3n) is 2.89. The van der Waals surface area contributed by atoms with E-state index in [2.05, 4.69) is 10.3 Å². The molecule has 2 rings (SSSR count). The van der Waals surface area contributed by atoms with Crippen LogP contribution in [0.3, 0.4) is 0 Å². The van der Waals surface area contributed by atoms with Crippen molar-refractivity contribution in [3.05, 3.63) is 45.4 Å². The minimum atomic E-state index is -0.122. The van der Waals surface area contributed by atoms with Crippen LogP contribution in [0, 0.1) is 13.8 Å². The van der Waals surface area contributed by atoms with Gasteiger partial charge in [0.05, 0.1) is 17.0 Å². The van der Waals surface area contributed by atoms with Crippen LogP contribution in [-0.4, -0.2) is 16.7 Å². The molecular formula is C15H17ClN2O2S. The topological polar surface area (TPSA) is 59.1 Å². The Kier molecular flexibility index (Phi) is 6.05. The monoisotopic (exact) mass is 324 g/mol. The maximum Gasteiger partial charge on any atom is 0.231 e. The van der Waals surface area contributed by atoms with E-state index in [1.807, 2.05) is 31.2 Å². The molecule has 0 fully saturated rings. The first-order valence-corrected chi connectivity index (χ1v) is 7.11. The number of nitrogens with zero attached hydrogens (tertiary/aromatic N) is 1. The summed E-state index contributed by atoms with van der Waals surface area (Å²) in [4.78, 5) is 28.3. The van der Waals surface area contributed by atoms with Gasteiger partial charge in [-0.15, -0.1) is 23.7 Å². The van der Waals surface area contributed by atoms with E-state index in [1.165, 1.54) is 18.3 Å². The largest absolute Gasteiger partial charge is 0.325 e. The molecule has 0 aliphatic heterocycles. The van der Waals surface area contributed by atoms with Crippen molar-refractivity contribution in [2.24, 2.45) is 0 Å². The molecule has 112 valence electrons. The van der Waals surface area contributed by atoms with Gasteiger partial charge < -0.3 is 5.32 Å². The molecular weight excluding hydrogens is 308 g/mol. The van der Waals surface area contributed by atoms with Gasteiger partial charge in [-0.05, 0) is 25.5 Å². The van der Waals surface area contributed by atoms with Gasteiger partial charge in [0.25, 0.3) is 0 Å². The molecule has 1 N–H and O–H groups in total. The lowest BCUT2D eigenvalue weighted by Gasteiger charge is -2.06. The number of carbonyl (C=O) groups excluding carboxylic acids is 2. The van der Waals surface area contributed by atoms with E-state index in [-0.39, 0.29) is 30.5 Å². The van der Waals surface area contributed by atoms with Crippen molar-refractivity contribution in [1.29, 1.82) is 0 Å². The molecule has 1 aromatic carbocycles. The van der Waals surface area contributed by atoms with E-state index < -0.39 is 0 Å². The zero-order chi connectivity index (χ0) is 14.7. The van der Waals surface area contributed by atoms with Crippen LogP contribution in [0.5, 0.6) is 0 Å². The maximum atomic E-state index is 12.0. The zero-order valence-electron chi connectivity index (χ0n) is 12.1. The summed E-state index contributed by atoms with van der Waals surface area (Å²) in [6, 6.07) is 7.61. The standard InChI is InChI=1S/C15H16N2O2S.ClH/c1-9-6-4-5-7-12(9)17-13(19)8-14-16-10(2)15(20-14)11(3)18;/h4-7H,8H2,1-3H3,(H,17,19);1H. The van der Waals surface area contributed by atoms with Crippen LogP contribution in [0.2, 0.25) is 0 Å². The second-order valence-corrected chi connectivity index (χ2v) is 5.70. The Morgan fingerprint density at radius 3 is 2.48 bits per heavy atom. The van der Waals surface area contributed by atoms with E-state index in [0.717, 1.165) is 11.3 Å². The number of hydrogen-bond acceptors (Lipinski definition) is 4. The number of carbonyl (C=O) groups is 2. The maximum absolute atomic E-state index is 12.0. The number of benzene rings is 1. The number of halogens is 1. The lowest BCUT2D eigenvalue weighted by Crippen LogP contribution is -2.14. The van der Waals surface area contributed by atoms with Gasteiger partial charge in [-0.1, -0.05) is 18.2 Å². The summed E-state index contributed by atoms with van der Waals surface area (Å²) >= 11 is 1.29. The smallest absolute Gasteiger partial charge is 0.231 e. The van der Waals surface area contributed by atoms with Gasteiger partial charge in [0, 0.05) is 12.6 Å². The third-order valence-corrected chi connectivity index (χ3v) is 4.15. The fourth-order valence-electron chi connectivity index (χ4n) is 1.90. The van der Waals surface area contributed by atoms with E-state index in [4.69, 9.17) is 0 Å². The molecule has 0 aliphatic rings. The first kappa shape index (κ1) is 17.3. The molecule has 0 aliphatic carbocycles. The van der Waals surface area contributed by atoms with Gasteiger partial charge in [0.1, 0.15) is 5.01 Å². The molecule has 1 amide bonds. The van der Waals surface area contributed by atoms with Crippen LogP contribution in [0.1, 0.15) is 32.9 Å². The van der Waals surface area contributed by atoms with Crippen LogP contribution >= 0.6 is 23.7 Å². The van der Waals surface area contributed by atoms with Crippen molar-refractivity contribution in [3.8, 4) is 0 Å². The van der Waals surface area contributed by atoms with Crippen LogP contribution in [-0.2, 0) is 11.2 Å². The average Bonchev–Trinajstić information content (AvgIpc) is 2.73. The van der Waals surface area contributed by atoms with E-state index >= 15 is 0 Å². The minimum absolute atomic E-state index is 0. The number of amides is 1. The molecule has 0 radical (unpaired) electrons. The molecule has 0 spiro atoms. The number of Topliss-reactive ketones (excluding diaryl/α,β-unsaturated/α-hetero) is 1. The van der Waals surface area contributed by atoms with Crippen LogP contribution in [0.15, 0.2) is 24.3 Å². The lowest BCUT2D eigenvalue weighted by molar-refractivity contribution is -0.115. The highest BCUT2D eigenvalue weighted by molar-refractivity contribution is 7.13. The predicted molar refractivity (Wildman–Crippen MR) is 87.6 cm³/mol. The Morgan fingerprint density at radius 2 is 1.90 bits per heavy atom. The highest BCUT2D eigenvalue weighted by Crippen LogP contribution is 2.20. The van der Waals surface area contributed by atoms with Gasteiger partial charge in [-0.25, -0.2) is 4.98 Å². The number of rotatable bonds is 4. The number of aryl methyl sites for hydroxylation is 2. The first-order chi connectivity index (χ1) is 9.47. The molecule has 0 saturated heterocycles. The van der Waals surface area contributed by atoms with Crippen molar-refractivity contribution in [2.45, 2.75) is 27.2 Å². The lowest BCUT2D eigenvalue weighted by atomic mass is 10.2. The molecule has 1 aromatic heterocycles. The molecule has 21 heavy (non-hydrogen) atoms. The fraction of sp³-hybridized carbons (Fsp3) is 0.267. The van der Waals surface area contributed by atoms with E-state index in [1.54, 1.807) is 6.92 Å². The molecule has 0 atom stereocenters. The Labute approximate surface area is 134 Å². The van der Waals surface area contributed by atoms with Gasteiger partial charge in [-0.3, -0.25) is 9.59 Å². The highest BCUT2D eigenvalue weighted by atomic mass is 35.5. The zero-order valence-corrected chi connectivity index (χ0v) is 13.7. The Balaban J connectivity index is 0.00000220.